The Kier molecular flexibility index (Phi) is 5.76. The maximum absolute atomic E-state index is 12.3. The number of likely N-dealkylation sites (tertiary alicyclic amines) is 1. The largest absolute Gasteiger partial charge is 0.388 e. The van der Waals surface area contributed by atoms with Crippen LogP contribution in [0.25, 0.3) is 10.6 Å². The van der Waals surface area contributed by atoms with Gasteiger partial charge in [0.05, 0.1) is 17.0 Å². The first-order valence-corrected chi connectivity index (χ1v) is 11.1. The summed E-state index contributed by atoms with van der Waals surface area (Å²) in [6.07, 6.45) is 8.26. The summed E-state index contributed by atoms with van der Waals surface area (Å²) in [5, 5.41) is 17.6. The molecule has 0 aromatic carbocycles. The third kappa shape index (κ3) is 4.68. The minimum Gasteiger partial charge on any atom is -0.388 e. The molecule has 4 rings (SSSR count). The Bertz CT molecular complexity index is 788. The van der Waals surface area contributed by atoms with Crippen LogP contribution in [0, 0.1) is 5.92 Å². The summed E-state index contributed by atoms with van der Waals surface area (Å²) in [5.41, 5.74) is -0.190. The van der Waals surface area contributed by atoms with E-state index in [-0.39, 0.29) is 12.1 Å². The van der Waals surface area contributed by atoms with Gasteiger partial charge in [0.25, 0.3) is 5.56 Å². The van der Waals surface area contributed by atoms with Gasteiger partial charge in [-0.05, 0) is 49.1 Å². The van der Waals surface area contributed by atoms with Crippen LogP contribution in [-0.4, -0.2) is 45.0 Å². The zero-order valence-electron chi connectivity index (χ0n) is 15.8. The van der Waals surface area contributed by atoms with Crippen LogP contribution in [0.5, 0.6) is 0 Å². The van der Waals surface area contributed by atoms with E-state index in [0.717, 1.165) is 29.6 Å². The lowest BCUT2D eigenvalue weighted by atomic mass is 9.87. The number of hydrogen-bond acceptors (Lipinski definition) is 5. The SMILES string of the molecule is O=c1ccc(-c2cccs2)nn1CC1(O)CCN(CC2CCCCC2)CC1. The van der Waals surface area contributed by atoms with Gasteiger partial charge in [0.2, 0.25) is 0 Å². The molecule has 146 valence electrons. The maximum Gasteiger partial charge on any atom is 0.266 e. The lowest BCUT2D eigenvalue weighted by molar-refractivity contribution is -0.0405. The predicted octanol–water partition coefficient (Wildman–Crippen LogP) is 3.38. The highest BCUT2D eigenvalue weighted by Crippen LogP contribution is 2.28. The summed E-state index contributed by atoms with van der Waals surface area (Å²) >= 11 is 1.61. The molecule has 3 heterocycles. The molecule has 1 saturated carbocycles. The number of rotatable bonds is 5. The average Bonchev–Trinajstić information content (AvgIpc) is 3.21. The van der Waals surface area contributed by atoms with Gasteiger partial charge >= 0.3 is 0 Å². The molecule has 1 N–H and O–H groups in total. The van der Waals surface area contributed by atoms with Gasteiger partial charge in [-0.1, -0.05) is 25.3 Å². The molecule has 2 aromatic heterocycles. The number of thiophene rings is 1. The first-order chi connectivity index (χ1) is 13.1. The predicted molar refractivity (Wildman–Crippen MR) is 109 cm³/mol. The summed E-state index contributed by atoms with van der Waals surface area (Å²) in [6.45, 7) is 3.27. The molecular weight excluding hydrogens is 358 g/mol. The van der Waals surface area contributed by atoms with Crippen LogP contribution in [0.4, 0.5) is 0 Å². The van der Waals surface area contributed by atoms with Gasteiger partial charge in [-0.15, -0.1) is 11.3 Å². The molecule has 6 heteroatoms. The van der Waals surface area contributed by atoms with Crippen LogP contribution in [0.15, 0.2) is 34.4 Å². The zero-order chi connectivity index (χ0) is 18.7. The molecule has 0 radical (unpaired) electrons. The standard InChI is InChI=1S/C21H29N3O2S/c25-20-9-8-18(19-7-4-14-27-19)22-24(20)16-21(26)10-12-23(13-11-21)15-17-5-2-1-3-6-17/h4,7-9,14,17,26H,1-3,5-6,10-13,15-16H2. The summed E-state index contributed by atoms with van der Waals surface area (Å²) in [6, 6.07) is 7.30. The third-order valence-corrected chi connectivity index (χ3v) is 7.00. The van der Waals surface area contributed by atoms with Crippen molar-refractivity contribution in [1.29, 1.82) is 0 Å². The Balaban J connectivity index is 1.38. The van der Waals surface area contributed by atoms with Crippen molar-refractivity contribution in [3.05, 3.63) is 40.0 Å². The molecule has 0 amide bonds. The van der Waals surface area contributed by atoms with Gasteiger partial charge in [0.1, 0.15) is 5.69 Å². The van der Waals surface area contributed by atoms with E-state index >= 15 is 0 Å². The summed E-state index contributed by atoms with van der Waals surface area (Å²) in [4.78, 5) is 15.8. The molecule has 0 spiro atoms. The van der Waals surface area contributed by atoms with Crippen molar-refractivity contribution in [3.8, 4) is 10.6 Å². The van der Waals surface area contributed by atoms with E-state index in [9.17, 15) is 9.90 Å². The fraction of sp³-hybridized carbons (Fsp3) is 0.619. The van der Waals surface area contributed by atoms with Gasteiger partial charge < -0.3 is 10.0 Å². The number of aliphatic hydroxyl groups is 1. The molecule has 2 aliphatic rings. The highest BCUT2D eigenvalue weighted by atomic mass is 32.1. The van der Waals surface area contributed by atoms with Crippen LogP contribution in [-0.2, 0) is 6.54 Å². The first-order valence-electron chi connectivity index (χ1n) is 10.2. The molecular formula is C21H29N3O2S. The Labute approximate surface area is 164 Å². The van der Waals surface area contributed by atoms with Gasteiger partial charge in [-0.3, -0.25) is 4.79 Å². The van der Waals surface area contributed by atoms with Crippen LogP contribution in [0.2, 0.25) is 0 Å². The van der Waals surface area contributed by atoms with E-state index in [1.54, 1.807) is 23.5 Å². The Morgan fingerprint density at radius 1 is 1.15 bits per heavy atom. The molecule has 1 aliphatic carbocycles. The molecule has 5 nitrogen and oxygen atoms in total. The second-order valence-electron chi connectivity index (χ2n) is 8.22. The van der Waals surface area contributed by atoms with Gasteiger partial charge in [0.15, 0.2) is 0 Å². The summed E-state index contributed by atoms with van der Waals surface area (Å²) in [5.74, 6) is 0.830. The number of nitrogens with zero attached hydrogens (tertiary/aromatic N) is 3. The van der Waals surface area contributed by atoms with E-state index in [1.807, 2.05) is 17.5 Å². The molecule has 0 atom stereocenters. The fourth-order valence-corrected chi connectivity index (χ4v) is 5.13. The van der Waals surface area contributed by atoms with Crippen molar-refractivity contribution in [3.63, 3.8) is 0 Å². The lowest BCUT2D eigenvalue weighted by Crippen LogP contribution is -2.49. The van der Waals surface area contributed by atoms with Crippen LogP contribution in [0.3, 0.4) is 0 Å². The molecule has 0 unspecified atom stereocenters. The van der Waals surface area contributed by atoms with Gasteiger partial charge in [0, 0.05) is 25.7 Å². The summed E-state index contributed by atoms with van der Waals surface area (Å²) in [7, 11) is 0. The number of aromatic nitrogens is 2. The minimum atomic E-state index is -0.839. The monoisotopic (exact) mass is 387 g/mol. The zero-order valence-corrected chi connectivity index (χ0v) is 16.7. The van der Waals surface area contributed by atoms with Crippen LogP contribution >= 0.6 is 11.3 Å². The Morgan fingerprint density at radius 3 is 2.63 bits per heavy atom. The lowest BCUT2D eigenvalue weighted by Gasteiger charge is -2.40. The van der Waals surface area contributed by atoms with Gasteiger partial charge in [-0.25, -0.2) is 4.68 Å². The molecule has 0 bridgehead atoms. The highest BCUT2D eigenvalue weighted by molar-refractivity contribution is 7.13. The van der Waals surface area contributed by atoms with E-state index in [1.165, 1.54) is 43.3 Å². The van der Waals surface area contributed by atoms with Crippen LogP contribution < -0.4 is 5.56 Å². The van der Waals surface area contributed by atoms with E-state index in [0.29, 0.717) is 12.8 Å². The summed E-state index contributed by atoms with van der Waals surface area (Å²) < 4.78 is 1.45. The normalized spacial score (nSPS) is 21.4. The molecule has 2 aromatic rings. The van der Waals surface area contributed by atoms with E-state index in [2.05, 4.69) is 10.00 Å². The number of hydrogen-bond donors (Lipinski definition) is 1. The van der Waals surface area contributed by atoms with Crippen molar-refractivity contribution >= 4 is 11.3 Å². The van der Waals surface area contributed by atoms with E-state index in [4.69, 9.17) is 0 Å². The fourth-order valence-electron chi connectivity index (χ4n) is 4.44. The van der Waals surface area contributed by atoms with Crippen molar-refractivity contribution in [2.45, 2.75) is 57.1 Å². The Hall–Kier alpha value is -1.50. The smallest absolute Gasteiger partial charge is 0.266 e. The highest BCUT2D eigenvalue weighted by Gasteiger charge is 2.34. The quantitative estimate of drug-likeness (QED) is 0.854. The van der Waals surface area contributed by atoms with Crippen molar-refractivity contribution in [1.82, 2.24) is 14.7 Å². The van der Waals surface area contributed by atoms with Crippen molar-refractivity contribution < 1.29 is 5.11 Å². The molecule has 27 heavy (non-hydrogen) atoms. The van der Waals surface area contributed by atoms with Crippen LogP contribution in [0.1, 0.15) is 44.9 Å². The third-order valence-electron chi connectivity index (χ3n) is 6.11. The second kappa shape index (κ2) is 8.25. The van der Waals surface area contributed by atoms with E-state index < -0.39 is 5.60 Å². The average molecular weight is 388 g/mol. The van der Waals surface area contributed by atoms with Crippen molar-refractivity contribution in [2.75, 3.05) is 19.6 Å². The maximum atomic E-state index is 12.3. The first kappa shape index (κ1) is 18.8. The topological polar surface area (TPSA) is 58.4 Å². The molecule has 1 saturated heterocycles. The van der Waals surface area contributed by atoms with Gasteiger partial charge in [-0.2, -0.15) is 5.10 Å². The second-order valence-corrected chi connectivity index (χ2v) is 9.17. The molecule has 2 fully saturated rings. The molecule has 1 aliphatic heterocycles. The Morgan fingerprint density at radius 2 is 1.93 bits per heavy atom. The number of piperidine rings is 1. The van der Waals surface area contributed by atoms with Crippen molar-refractivity contribution in [2.24, 2.45) is 5.92 Å². The minimum absolute atomic E-state index is 0.145.